The molecular weight excluding hydrogens is 192 g/mol. The molecule has 0 aliphatic rings. The standard InChI is InChI=1S/C8H15ClN2O2/c1-4-10-8(13)6(3)11-7(12)5(2)9/h5-6H,4H2,1-3H3,(H,10,13)(H,11,12). The molecule has 0 rings (SSSR count). The largest absolute Gasteiger partial charge is 0.355 e. The van der Waals surface area contributed by atoms with Gasteiger partial charge in [0, 0.05) is 6.54 Å². The Morgan fingerprint density at radius 2 is 1.85 bits per heavy atom. The second-order valence-corrected chi connectivity index (χ2v) is 3.40. The zero-order chi connectivity index (χ0) is 10.4. The molecule has 2 N–H and O–H groups in total. The van der Waals surface area contributed by atoms with Crippen LogP contribution in [0.25, 0.3) is 0 Å². The topological polar surface area (TPSA) is 58.2 Å². The van der Waals surface area contributed by atoms with Crippen LogP contribution in [0.2, 0.25) is 0 Å². The molecule has 0 spiro atoms. The van der Waals surface area contributed by atoms with Gasteiger partial charge in [0.25, 0.3) is 0 Å². The Balaban J connectivity index is 3.92. The molecule has 0 aromatic carbocycles. The zero-order valence-corrected chi connectivity index (χ0v) is 8.81. The Hall–Kier alpha value is -0.770. The minimum atomic E-state index is -0.614. The van der Waals surface area contributed by atoms with Crippen molar-refractivity contribution in [1.82, 2.24) is 10.6 Å². The number of hydrogen-bond acceptors (Lipinski definition) is 2. The maximum Gasteiger partial charge on any atom is 0.242 e. The quantitative estimate of drug-likeness (QED) is 0.649. The number of hydrogen-bond donors (Lipinski definition) is 2. The third-order valence-electron chi connectivity index (χ3n) is 1.46. The Bertz CT molecular complexity index is 195. The van der Waals surface area contributed by atoms with Crippen molar-refractivity contribution in [2.24, 2.45) is 0 Å². The minimum absolute atomic E-state index is 0.201. The van der Waals surface area contributed by atoms with E-state index in [1.54, 1.807) is 13.8 Å². The number of rotatable bonds is 4. The molecule has 5 heteroatoms. The molecule has 0 aromatic heterocycles. The van der Waals surface area contributed by atoms with E-state index in [9.17, 15) is 9.59 Å². The van der Waals surface area contributed by atoms with E-state index in [-0.39, 0.29) is 11.8 Å². The highest BCUT2D eigenvalue weighted by atomic mass is 35.5. The van der Waals surface area contributed by atoms with Crippen LogP contribution in [0.1, 0.15) is 20.8 Å². The van der Waals surface area contributed by atoms with Crippen LogP contribution in [-0.2, 0) is 9.59 Å². The summed E-state index contributed by atoms with van der Waals surface area (Å²) in [5.74, 6) is -0.534. The molecule has 0 saturated carbocycles. The zero-order valence-electron chi connectivity index (χ0n) is 8.06. The number of amides is 2. The molecular formula is C8H15ClN2O2. The van der Waals surface area contributed by atoms with Crippen molar-refractivity contribution < 1.29 is 9.59 Å². The maximum absolute atomic E-state index is 11.1. The Kier molecular flexibility index (Phi) is 5.46. The second-order valence-electron chi connectivity index (χ2n) is 2.74. The summed E-state index contributed by atoms with van der Waals surface area (Å²) in [6, 6.07) is -0.534. The van der Waals surface area contributed by atoms with Crippen molar-refractivity contribution in [2.75, 3.05) is 6.54 Å². The van der Waals surface area contributed by atoms with E-state index >= 15 is 0 Å². The van der Waals surface area contributed by atoms with Gasteiger partial charge in [0.2, 0.25) is 11.8 Å². The minimum Gasteiger partial charge on any atom is -0.355 e. The number of carbonyl (C=O) groups excluding carboxylic acids is 2. The molecule has 0 aliphatic heterocycles. The number of halogens is 1. The van der Waals surface area contributed by atoms with E-state index in [2.05, 4.69) is 10.6 Å². The van der Waals surface area contributed by atoms with Crippen LogP contribution < -0.4 is 10.6 Å². The van der Waals surface area contributed by atoms with Crippen LogP contribution in [0.15, 0.2) is 0 Å². The molecule has 0 heterocycles. The molecule has 0 aromatic rings. The first-order chi connectivity index (χ1) is 5.99. The highest BCUT2D eigenvalue weighted by molar-refractivity contribution is 6.30. The van der Waals surface area contributed by atoms with Crippen LogP contribution in [0.4, 0.5) is 0 Å². The Morgan fingerprint density at radius 3 is 2.23 bits per heavy atom. The monoisotopic (exact) mass is 206 g/mol. The first-order valence-corrected chi connectivity index (χ1v) is 4.64. The molecule has 0 bridgehead atoms. The van der Waals surface area contributed by atoms with Gasteiger partial charge >= 0.3 is 0 Å². The highest BCUT2D eigenvalue weighted by Gasteiger charge is 2.16. The fourth-order valence-corrected chi connectivity index (χ4v) is 0.784. The van der Waals surface area contributed by atoms with Crippen LogP contribution in [0.5, 0.6) is 0 Å². The lowest BCUT2D eigenvalue weighted by Gasteiger charge is -2.13. The van der Waals surface area contributed by atoms with Crippen molar-refractivity contribution in [1.29, 1.82) is 0 Å². The lowest BCUT2D eigenvalue weighted by atomic mass is 10.3. The van der Waals surface area contributed by atoms with Gasteiger partial charge in [-0.3, -0.25) is 9.59 Å². The third kappa shape index (κ3) is 4.72. The lowest BCUT2D eigenvalue weighted by Crippen LogP contribution is -2.46. The van der Waals surface area contributed by atoms with E-state index in [0.29, 0.717) is 6.54 Å². The number of likely N-dealkylation sites (N-methyl/N-ethyl adjacent to an activating group) is 1. The molecule has 2 amide bonds. The van der Waals surface area contributed by atoms with Crippen molar-refractivity contribution in [3.8, 4) is 0 Å². The van der Waals surface area contributed by atoms with Crippen molar-refractivity contribution in [3.05, 3.63) is 0 Å². The first-order valence-electron chi connectivity index (χ1n) is 4.21. The molecule has 0 fully saturated rings. The van der Waals surface area contributed by atoms with Gasteiger partial charge in [-0.05, 0) is 20.8 Å². The van der Waals surface area contributed by atoms with Crippen LogP contribution >= 0.6 is 11.6 Å². The molecule has 0 aliphatic carbocycles. The SMILES string of the molecule is CCNC(=O)C(C)NC(=O)C(C)Cl. The summed E-state index contributed by atoms with van der Waals surface area (Å²) in [6.45, 7) is 5.54. The second kappa shape index (κ2) is 5.80. The molecule has 4 nitrogen and oxygen atoms in total. The molecule has 2 atom stereocenters. The third-order valence-corrected chi connectivity index (χ3v) is 1.66. The summed E-state index contributed by atoms with van der Waals surface area (Å²) in [5, 5.41) is 4.46. The molecule has 13 heavy (non-hydrogen) atoms. The fourth-order valence-electron chi connectivity index (χ4n) is 0.721. The van der Waals surface area contributed by atoms with Gasteiger partial charge < -0.3 is 10.6 Å². The number of carbonyl (C=O) groups is 2. The molecule has 76 valence electrons. The normalized spacial score (nSPS) is 14.5. The van der Waals surface area contributed by atoms with Gasteiger partial charge in [0.05, 0.1) is 0 Å². The van der Waals surface area contributed by atoms with Crippen LogP contribution in [0, 0.1) is 0 Å². The van der Waals surface area contributed by atoms with Gasteiger partial charge in [-0.2, -0.15) is 0 Å². The average Bonchev–Trinajstić information content (AvgIpc) is 2.04. The summed E-state index contributed by atoms with van der Waals surface area (Å²) in [6.07, 6.45) is 0. The highest BCUT2D eigenvalue weighted by Crippen LogP contribution is 1.93. The average molecular weight is 207 g/mol. The summed E-state index contributed by atoms with van der Waals surface area (Å²) < 4.78 is 0. The summed E-state index contributed by atoms with van der Waals surface area (Å²) in [5.41, 5.74) is 0. The summed E-state index contributed by atoms with van der Waals surface area (Å²) in [7, 11) is 0. The van der Waals surface area contributed by atoms with Crippen LogP contribution in [-0.4, -0.2) is 29.8 Å². The number of nitrogens with one attached hydrogen (secondary N) is 2. The smallest absolute Gasteiger partial charge is 0.242 e. The van der Waals surface area contributed by atoms with Gasteiger partial charge in [0.1, 0.15) is 11.4 Å². The summed E-state index contributed by atoms with van der Waals surface area (Å²) >= 11 is 5.51. The van der Waals surface area contributed by atoms with Gasteiger partial charge in [-0.25, -0.2) is 0 Å². The van der Waals surface area contributed by atoms with E-state index in [4.69, 9.17) is 11.6 Å². The fraction of sp³-hybridized carbons (Fsp3) is 0.750. The number of alkyl halides is 1. The lowest BCUT2D eigenvalue weighted by molar-refractivity contribution is -0.128. The van der Waals surface area contributed by atoms with E-state index in [0.717, 1.165) is 0 Å². The van der Waals surface area contributed by atoms with Gasteiger partial charge in [0.15, 0.2) is 0 Å². The predicted octanol–water partition coefficient (Wildman–Crippen LogP) is 0.254. The summed E-state index contributed by atoms with van der Waals surface area (Å²) in [4.78, 5) is 22.2. The Morgan fingerprint density at radius 1 is 1.31 bits per heavy atom. The van der Waals surface area contributed by atoms with E-state index < -0.39 is 11.4 Å². The van der Waals surface area contributed by atoms with E-state index in [1.807, 2.05) is 6.92 Å². The first kappa shape index (κ1) is 12.2. The van der Waals surface area contributed by atoms with Crippen molar-refractivity contribution in [3.63, 3.8) is 0 Å². The van der Waals surface area contributed by atoms with Crippen molar-refractivity contribution in [2.45, 2.75) is 32.2 Å². The van der Waals surface area contributed by atoms with Crippen molar-refractivity contribution >= 4 is 23.4 Å². The van der Waals surface area contributed by atoms with Crippen LogP contribution in [0.3, 0.4) is 0 Å². The molecule has 2 unspecified atom stereocenters. The maximum atomic E-state index is 11.1. The molecule has 0 saturated heterocycles. The predicted molar refractivity (Wildman–Crippen MR) is 51.6 cm³/mol. The van der Waals surface area contributed by atoms with Gasteiger partial charge in [-0.15, -0.1) is 11.6 Å². The van der Waals surface area contributed by atoms with Gasteiger partial charge in [-0.1, -0.05) is 0 Å². The molecule has 0 radical (unpaired) electrons. The van der Waals surface area contributed by atoms with E-state index in [1.165, 1.54) is 0 Å². The Labute approximate surface area is 83.0 Å².